The number of anilines is 1. The Morgan fingerprint density at radius 3 is 2.86 bits per heavy atom. The normalized spacial score (nSPS) is 17.5. The van der Waals surface area contributed by atoms with E-state index in [1.807, 2.05) is 6.07 Å². The van der Waals surface area contributed by atoms with Crippen molar-refractivity contribution in [2.75, 3.05) is 24.5 Å². The minimum atomic E-state index is -0.550. The van der Waals surface area contributed by atoms with Crippen molar-refractivity contribution in [2.24, 2.45) is 0 Å². The Bertz CT molecular complexity index is 1220. The summed E-state index contributed by atoms with van der Waals surface area (Å²) in [5, 5.41) is 13.3. The van der Waals surface area contributed by atoms with Gasteiger partial charge in [-0.2, -0.15) is 15.4 Å². The summed E-state index contributed by atoms with van der Waals surface area (Å²) < 4.78 is 20.4. The number of rotatable bonds is 6. The van der Waals surface area contributed by atoms with E-state index in [-0.39, 0.29) is 31.4 Å². The minimum Gasteiger partial charge on any atom is -0.442 e. The van der Waals surface area contributed by atoms with Crippen molar-refractivity contribution in [3.05, 3.63) is 65.2 Å². The van der Waals surface area contributed by atoms with Crippen molar-refractivity contribution in [3.63, 3.8) is 0 Å². The SMILES string of the molecule is CC(=O)NC[C@H]1CN(c2ccc(-c3ccc4c(c3)CCN(Cc3cn[nH]n3)C4)c(F)c2)C(=O)O1.Cl. The summed E-state index contributed by atoms with van der Waals surface area (Å²) in [5.41, 5.74) is 5.06. The van der Waals surface area contributed by atoms with E-state index in [0.717, 1.165) is 37.3 Å². The lowest BCUT2D eigenvalue weighted by Gasteiger charge is -2.28. The maximum atomic E-state index is 15.1. The van der Waals surface area contributed by atoms with Crippen LogP contribution in [0, 0.1) is 5.82 Å². The Morgan fingerprint density at radius 1 is 1.26 bits per heavy atom. The molecule has 5 rings (SSSR count). The van der Waals surface area contributed by atoms with E-state index in [4.69, 9.17) is 4.74 Å². The second-order valence-corrected chi connectivity index (χ2v) is 8.62. The number of hydrogen-bond acceptors (Lipinski definition) is 6. The van der Waals surface area contributed by atoms with Crippen molar-refractivity contribution < 1.29 is 18.7 Å². The number of halogens is 2. The van der Waals surface area contributed by atoms with Gasteiger partial charge in [-0.25, -0.2) is 9.18 Å². The number of amides is 2. The fourth-order valence-corrected chi connectivity index (χ4v) is 4.45. The molecule has 0 aliphatic carbocycles. The number of benzene rings is 2. The van der Waals surface area contributed by atoms with Crippen molar-refractivity contribution in [1.29, 1.82) is 0 Å². The van der Waals surface area contributed by atoms with Crippen LogP contribution in [-0.2, 0) is 29.0 Å². The van der Waals surface area contributed by atoms with Crippen molar-refractivity contribution in [1.82, 2.24) is 25.6 Å². The maximum absolute atomic E-state index is 15.1. The zero-order chi connectivity index (χ0) is 23.7. The van der Waals surface area contributed by atoms with Crippen molar-refractivity contribution >= 4 is 30.1 Å². The maximum Gasteiger partial charge on any atom is 0.414 e. The smallest absolute Gasteiger partial charge is 0.414 e. The molecule has 0 unspecified atom stereocenters. The van der Waals surface area contributed by atoms with E-state index >= 15 is 4.39 Å². The van der Waals surface area contributed by atoms with Gasteiger partial charge in [-0.15, -0.1) is 12.4 Å². The minimum absolute atomic E-state index is 0. The van der Waals surface area contributed by atoms with E-state index in [1.165, 1.54) is 29.0 Å². The first-order valence-corrected chi connectivity index (χ1v) is 11.2. The quantitative estimate of drug-likeness (QED) is 0.539. The zero-order valence-electron chi connectivity index (χ0n) is 19.2. The molecule has 1 fully saturated rings. The molecule has 2 aliphatic rings. The van der Waals surface area contributed by atoms with Crippen LogP contribution in [0.2, 0.25) is 0 Å². The van der Waals surface area contributed by atoms with Crippen LogP contribution in [0.1, 0.15) is 23.7 Å². The second kappa shape index (κ2) is 10.4. The van der Waals surface area contributed by atoms with Crippen LogP contribution in [0.15, 0.2) is 42.6 Å². The lowest BCUT2D eigenvalue weighted by molar-refractivity contribution is -0.119. The van der Waals surface area contributed by atoms with Gasteiger partial charge in [0.1, 0.15) is 11.9 Å². The monoisotopic (exact) mass is 500 g/mol. The molecule has 0 spiro atoms. The van der Waals surface area contributed by atoms with Crippen LogP contribution in [0.25, 0.3) is 11.1 Å². The molecule has 2 N–H and O–H groups in total. The molecule has 0 saturated carbocycles. The molecule has 3 aromatic rings. The first-order chi connectivity index (χ1) is 16.5. The number of ether oxygens (including phenoxy) is 1. The number of fused-ring (bicyclic) bond motifs is 1. The van der Waals surface area contributed by atoms with E-state index in [2.05, 4.69) is 37.8 Å². The molecule has 11 heteroatoms. The molecule has 1 saturated heterocycles. The summed E-state index contributed by atoms with van der Waals surface area (Å²) in [4.78, 5) is 27.0. The highest BCUT2D eigenvalue weighted by Crippen LogP contribution is 2.31. The molecule has 3 heterocycles. The Balaban J connectivity index is 0.00000289. The summed E-state index contributed by atoms with van der Waals surface area (Å²) in [6.45, 7) is 4.31. The first kappa shape index (κ1) is 24.6. The molecule has 2 aromatic carbocycles. The van der Waals surface area contributed by atoms with Gasteiger partial charge in [0.15, 0.2) is 0 Å². The molecule has 184 valence electrons. The van der Waals surface area contributed by atoms with Gasteiger partial charge in [0.25, 0.3) is 0 Å². The van der Waals surface area contributed by atoms with Gasteiger partial charge >= 0.3 is 6.09 Å². The van der Waals surface area contributed by atoms with Gasteiger partial charge in [0.2, 0.25) is 5.91 Å². The number of carbonyl (C=O) groups excluding carboxylic acids is 2. The molecule has 9 nitrogen and oxygen atoms in total. The molecule has 1 aromatic heterocycles. The summed E-state index contributed by atoms with van der Waals surface area (Å²) in [7, 11) is 0. The van der Waals surface area contributed by atoms with Crippen LogP contribution < -0.4 is 10.2 Å². The van der Waals surface area contributed by atoms with Crippen LogP contribution in [0.4, 0.5) is 14.9 Å². The third-order valence-electron chi connectivity index (χ3n) is 6.18. The highest BCUT2D eigenvalue weighted by molar-refractivity contribution is 5.90. The van der Waals surface area contributed by atoms with Gasteiger partial charge in [0.05, 0.1) is 30.7 Å². The van der Waals surface area contributed by atoms with Gasteiger partial charge in [0, 0.05) is 32.1 Å². The van der Waals surface area contributed by atoms with E-state index in [0.29, 0.717) is 11.3 Å². The van der Waals surface area contributed by atoms with E-state index in [9.17, 15) is 9.59 Å². The van der Waals surface area contributed by atoms with E-state index < -0.39 is 18.0 Å². The zero-order valence-corrected chi connectivity index (χ0v) is 20.0. The summed E-state index contributed by atoms with van der Waals surface area (Å²) in [6, 6.07) is 10.8. The lowest BCUT2D eigenvalue weighted by Crippen LogP contribution is -2.33. The first-order valence-electron chi connectivity index (χ1n) is 11.2. The average Bonchev–Trinajstić information content (AvgIpc) is 3.46. The molecule has 0 bridgehead atoms. The summed E-state index contributed by atoms with van der Waals surface area (Å²) in [5.74, 6) is -0.600. The molecule has 35 heavy (non-hydrogen) atoms. The number of aromatic nitrogens is 3. The van der Waals surface area contributed by atoms with Crippen molar-refractivity contribution in [3.8, 4) is 11.1 Å². The Morgan fingerprint density at radius 2 is 2.11 bits per heavy atom. The number of nitrogens with zero attached hydrogens (tertiary/aromatic N) is 4. The molecular formula is C24H26ClFN6O3. The second-order valence-electron chi connectivity index (χ2n) is 8.62. The highest BCUT2D eigenvalue weighted by Gasteiger charge is 2.32. The van der Waals surface area contributed by atoms with Gasteiger partial charge < -0.3 is 10.1 Å². The third kappa shape index (κ3) is 5.44. The van der Waals surface area contributed by atoms with E-state index in [1.54, 1.807) is 18.3 Å². The number of carbonyl (C=O) groups is 2. The molecule has 2 aliphatic heterocycles. The largest absolute Gasteiger partial charge is 0.442 e. The molecular weight excluding hydrogens is 475 g/mol. The highest BCUT2D eigenvalue weighted by atomic mass is 35.5. The summed E-state index contributed by atoms with van der Waals surface area (Å²) >= 11 is 0. The molecule has 1 atom stereocenters. The Hall–Kier alpha value is -3.50. The Labute approximate surface area is 208 Å². The number of cyclic esters (lactones) is 1. The predicted octanol–water partition coefficient (Wildman–Crippen LogP) is 3.05. The molecule has 0 radical (unpaired) electrons. The number of nitrogens with one attached hydrogen (secondary N) is 2. The topological polar surface area (TPSA) is 103 Å². The third-order valence-corrected chi connectivity index (χ3v) is 6.18. The van der Waals surface area contributed by atoms with Crippen LogP contribution in [0.5, 0.6) is 0 Å². The molecule has 2 amide bonds. The standard InChI is InChI=1S/C24H25FN6O3.ClH/c1-15(32)26-11-21-14-31(24(33)34-21)20-4-5-22(23(25)9-20)17-2-3-18-12-30(7-6-16(18)8-17)13-19-10-27-29-28-19;/h2-5,8-10,21H,6-7,11-14H2,1H3,(H,26,32)(H,27,28,29);1H/t21-;/m0./s1. The number of H-pyrrole nitrogens is 1. The number of aromatic amines is 1. The average molecular weight is 501 g/mol. The predicted molar refractivity (Wildman–Crippen MR) is 130 cm³/mol. The number of hydrogen-bond donors (Lipinski definition) is 2. The Kier molecular flexibility index (Phi) is 7.32. The van der Waals surface area contributed by atoms with Gasteiger partial charge in [-0.1, -0.05) is 18.2 Å². The fraction of sp³-hybridized carbons (Fsp3) is 0.333. The van der Waals surface area contributed by atoms with Crippen LogP contribution in [-0.4, -0.2) is 58.0 Å². The van der Waals surface area contributed by atoms with Gasteiger partial charge in [-0.3, -0.25) is 14.6 Å². The van der Waals surface area contributed by atoms with Gasteiger partial charge in [-0.05, 0) is 41.3 Å². The summed E-state index contributed by atoms with van der Waals surface area (Å²) in [6.07, 6.45) is 1.58. The lowest BCUT2D eigenvalue weighted by atomic mass is 9.94. The van der Waals surface area contributed by atoms with Crippen molar-refractivity contribution in [2.45, 2.75) is 32.5 Å². The van der Waals surface area contributed by atoms with Crippen LogP contribution in [0.3, 0.4) is 0 Å². The fourth-order valence-electron chi connectivity index (χ4n) is 4.45. The van der Waals surface area contributed by atoms with Crippen LogP contribution >= 0.6 is 12.4 Å².